The molecule has 2 nitrogen and oxygen atoms in total. The van der Waals surface area contributed by atoms with E-state index < -0.39 is 0 Å². The standard InChI is InChI=1S/C17H22BrNO/c1-12-11-14(8-9-15(12)18)17(20)19-10-4-7-16(19)13-5-2-3-6-13/h8-9,11,13,16H,2-7,10H2,1H3. The van der Waals surface area contributed by atoms with Gasteiger partial charge in [-0.3, -0.25) is 4.79 Å². The normalized spacial score (nSPS) is 23.5. The van der Waals surface area contributed by atoms with Crippen LogP contribution in [-0.4, -0.2) is 23.4 Å². The van der Waals surface area contributed by atoms with Gasteiger partial charge in [0.15, 0.2) is 0 Å². The summed E-state index contributed by atoms with van der Waals surface area (Å²) in [5.74, 6) is 0.980. The van der Waals surface area contributed by atoms with Crippen molar-refractivity contribution in [1.82, 2.24) is 4.90 Å². The third-order valence-electron chi connectivity index (χ3n) is 4.91. The fourth-order valence-corrected chi connectivity index (χ4v) is 4.07. The number of nitrogens with zero attached hydrogens (tertiary/aromatic N) is 1. The van der Waals surface area contributed by atoms with Crippen LogP contribution >= 0.6 is 15.9 Å². The van der Waals surface area contributed by atoms with Gasteiger partial charge in [-0.15, -0.1) is 0 Å². The monoisotopic (exact) mass is 335 g/mol. The fourth-order valence-electron chi connectivity index (χ4n) is 3.82. The van der Waals surface area contributed by atoms with E-state index >= 15 is 0 Å². The molecule has 0 aromatic heterocycles. The first-order valence-electron chi connectivity index (χ1n) is 7.74. The van der Waals surface area contributed by atoms with Crippen LogP contribution in [0.2, 0.25) is 0 Å². The Balaban J connectivity index is 1.79. The summed E-state index contributed by atoms with van der Waals surface area (Å²) in [5, 5.41) is 0. The van der Waals surface area contributed by atoms with Gasteiger partial charge in [-0.25, -0.2) is 0 Å². The van der Waals surface area contributed by atoms with Crippen molar-refractivity contribution in [3.05, 3.63) is 33.8 Å². The first-order chi connectivity index (χ1) is 9.66. The van der Waals surface area contributed by atoms with Gasteiger partial charge < -0.3 is 4.90 Å². The molecule has 1 atom stereocenters. The van der Waals surface area contributed by atoms with Gasteiger partial charge in [-0.2, -0.15) is 0 Å². The summed E-state index contributed by atoms with van der Waals surface area (Å²) in [6.45, 7) is 2.98. The number of amides is 1. The van der Waals surface area contributed by atoms with E-state index in [-0.39, 0.29) is 5.91 Å². The lowest BCUT2D eigenvalue weighted by atomic mass is 9.95. The summed E-state index contributed by atoms with van der Waals surface area (Å²) in [7, 11) is 0. The number of hydrogen-bond acceptors (Lipinski definition) is 1. The number of carbonyl (C=O) groups excluding carboxylic acids is 1. The Hall–Kier alpha value is -0.830. The molecular weight excluding hydrogens is 314 g/mol. The average molecular weight is 336 g/mol. The molecule has 0 spiro atoms. The first kappa shape index (κ1) is 14.1. The SMILES string of the molecule is Cc1cc(C(=O)N2CCCC2C2CCCC2)ccc1Br. The van der Waals surface area contributed by atoms with E-state index in [0.29, 0.717) is 6.04 Å². The van der Waals surface area contributed by atoms with Crippen molar-refractivity contribution in [2.24, 2.45) is 5.92 Å². The highest BCUT2D eigenvalue weighted by Gasteiger charge is 2.36. The predicted molar refractivity (Wildman–Crippen MR) is 84.9 cm³/mol. The van der Waals surface area contributed by atoms with Crippen LogP contribution in [0, 0.1) is 12.8 Å². The highest BCUT2D eigenvalue weighted by atomic mass is 79.9. The van der Waals surface area contributed by atoms with Crippen LogP contribution in [0.5, 0.6) is 0 Å². The van der Waals surface area contributed by atoms with Crippen molar-refractivity contribution >= 4 is 21.8 Å². The molecule has 2 aliphatic rings. The molecule has 1 aliphatic carbocycles. The molecule has 108 valence electrons. The number of carbonyl (C=O) groups is 1. The molecule has 0 N–H and O–H groups in total. The number of halogens is 1. The van der Waals surface area contributed by atoms with Gasteiger partial charge >= 0.3 is 0 Å². The van der Waals surface area contributed by atoms with Gasteiger partial charge in [0.25, 0.3) is 5.91 Å². The minimum Gasteiger partial charge on any atom is -0.335 e. The maximum atomic E-state index is 12.8. The Kier molecular flexibility index (Phi) is 4.16. The smallest absolute Gasteiger partial charge is 0.254 e. The van der Waals surface area contributed by atoms with Crippen molar-refractivity contribution in [1.29, 1.82) is 0 Å². The van der Waals surface area contributed by atoms with Gasteiger partial charge in [-0.05, 0) is 62.3 Å². The van der Waals surface area contributed by atoms with Crippen molar-refractivity contribution in [2.45, 2.75) is 51.5 Å². The zero-order valence-corrected chi connectivity index (χ0v) is 13.7. The van der Waals surface area contributed by atoms with Crippen LogP contribution in [0.4, 0.5) is 0 Å². The largest absolute Gasteiger partial charge is 0.335 e. The molecule has 1 aromatic carbocycles. The van der Waals surface area contributed by atoms with Crippen molar-refractivity contribution in [3.8, 4) is 0 Å². The van der Waals surface area contributed by atoms with Crippen LogP contribution in [0.1, 0.15) is 54.4 Å². The zero-order valence-electron chi connectivity index (χ0n) is 12.1. The molecule has 1 saturated carbocycles. The zero-order chi connectivity index (χ0) is 14.1. The van der Waals surface area contributed by atoms with Gasteiger partial charge in [0.1, 0.15) is 0 Å². The third-order valence-corrected chi connectivity index (χ3v) is 5.80. The second-order valence-electron chi connectivity index (χ2n) is 6.22. The summed E-state index contributed by atoms with van der Waals surface area (Å²) in [6, 6.07) is 6.44. The Labute approximate surface area is 129 Å². The maximum absolute atomic E-state index is 12.8. The number of hydrogen-bond donors (Lipinski definition) is 0. The number of benzene rings is 1. The average Bonchev–Trinajstić information content (AvgIpc) is 3.10. The van der Waals surface area contributed by atoms with E-state index in [1.807, 2.05) is 25.1 Å². The van der Waals surface area contributed by atoms with Crippen molar-refractivity contribution in [2.75, 3.05) is 6.54 Å². The lowest BCUT2D eigenvalue weighted by Crippen LogP contribution is -2.39. The van der Waals surface area contributed by atoms with Gasteiger partial charge in [0.2, 0.25) is 0 Å². The summed E-state index contributed by atoms with van der Waals surface area (Å²) >= 11 is 3.50. The van der Waals surface area contributed by atoms with Crippen LogP contribution < -0.4 is 0 Å². The van der Waals surface area contributed by atoms with Crippen molar-refractivity contribution in [3.63, 3.8) is 0 Å². The molecule has 1 heterocycles. The highest BCUT2D eigenvalue weighted by Crippen LogP contribution is 2.36. The molecule has 2 fully saturated rings. The molecule has 1 saturated heterocycles. The van der Waals surface area contributed by atoms with Crippen LogP contribution in [0.25, 0.3) is 0 Å². The predicted octanol–water partition coefficient (Wildman–Crippen LogP) is 4.55. The van der Waals surface area contributed by atoms with Crippen LogP contribution in [-0.2, 0) is 0 Å². The second kappa shape index (κ2) is 5.88. The van der Waals surface area contributed by atoms with E-state index in [2.05, 4.69) is 20.8 Å². The molecule has 1 amide bonds. The Morgan fingerprint density at radius 2 is 1.95 bits per heavy atom. The van der Waals surface area contributed by atoms with Gasteiger partial charge in [-0.1, -0.05) is 28.8 Å². The van der Waals surface area contributed by atoms with E-state index in [4.69, 9.17) is 0 Å². The summed E-state index contributed by atoms with van der Waals surface area (Å²) < 4.78 is 1.07. The van der Waals surface area contributed by atoms with Crippen molar-refractivity contribution < 1.29 is 4.79 Å². The van der Waals surface area contributed by atoms with Gasteiger partial charge in [0, 0.05) is 22.6 Å². The van der Waals surface area contributed by atoms with E-state index in [1.54, 1.807) is 0 Å². The van der Waals surface area contributed by atoms with E-state index in [1.165, 1.54) is 38.5 Å². The summed E-state index contributed by atoms with van der Waals surface area (Å²) in [5.41, 5.74) is 1.98. The number of aryl methyl sites for hydroxylation is 1. The maximum Gasteiger partial charge on any atom is 0.254 e. The first-order valence-corrected chi connectivity index (χ1v) is 8.53. The number of likely N-dealkylation sites (tertiary alicyclic amines) is 1. The van der Waals surface area contributed by atoms with Crippen LogP contribution in [0.15, 0.2) is 22.7 Å². The molecule has 1 aliphatic heterocycles. The van der Waals surface area contributed by atoms with Crippen LogP contribution in [0.3, 0.4) is 0 Å². The topological polar surface area (TPSA) is 20.3 Å². The molecule has 1 aromatic rings. The highest BCUT2D eigenvalue weighted by molar-refractivity contribution is 9.10. The quantitative estimate of drug-likeness (QED) is 0.776. The molecule has 3 heteroatoms. The fraction of sp³-hybridized carbons (Fsp3) is 0.588. The summed E-state index contributed by atoms with van der Waals surface area (Å²) in [6.07, 6.45) is 7.69. The molecule has 0 radical (unpaired) electrons. The number of rotatable bonds is 2. The lowest BCUT2D eigenvalue weighted by Gasteiger charge is -2.29. The Bertz CT molecular complexity index is 508. The van der Waals surface area contributed by atoms with E-state index in [0.717, 1.165) is 28.1 Å². The minimum atomic E-state index is 0.231. The van der Waals surface area contributed by atoms with Gasteiger partial charge in [0.05, 0.1) is 0 Å². The molecular formula is C17H22BrNO. The molecule has 20 heavy (non-hydrogen) atoms. The van der Waals surface area contributed by atoms with E-state index in [9.17, 15) is 4.79 Å². The summed E-state index contributed by atoms with van der Waals surface area (Å²) in [4.78, 5) is 14.9. The Morgan fingerprint density at radius 3 is 2.65 bits per heavy atom. The second-order valence-corrected chi connectivity index (χ2v) is 7.07. The minimum absolute atomic E-state index is 0.231. The molecule has 3 rings (SSSR count). The Morgan fingerprint density at radius 1 is 1.20 bits per heavy atom. The molecule has 1 unspecified atom stereocenters. The third kappa shape index (κ3) is 2.65. The molecule has 0 bridgehead atoms. The lowest BCUT2D eigenvalue weighted by molar-refractivity contribution is 0.0689.